The van der Waals surface area contributed by atoms with E-state index in [-0.39, 0.29) is 24.0 Å². The van der Waals surface area contributed by atoms with Crippen molar-refractivity contribution in [1.82, 2.24) is 15.6 Å². The van der Waals surface area contributed by atoms with Crippen molar-refractivity contribution in [1.29, 1.82) is 0 Å². The third-order valence-electron chi connectivity index (χ3n) is 4.72. The number of fused-ring (bicyclic) bond motifs is 1. The van der Waals surface area contributed by atoms with Crippen LogP contribution < -0.4 is 15.5 Å². The van der Waals surface area contributed by atoms with Crippen LogP contribution in [-0.2, 0) is 13.0 Å². The Morgan fingerprint density at radius 3 is 2.68 bits per heavy atom. The molecule has 0 saturated heterocycles. The Labute approximate surface area is 184 Å². The highest BCUT2D eigenvalue weighted by Gasteiger charge is 2.05. The van der Waals surface area contributed by atoms with Gasteiger partial charge in [-0.05, 0) is 48.2 Å². The first kappa shape index (κ1) is 22.1. The number of hydrogen-bond acceptors (Lipinski definition) is 2. The van der Waals surface area contributed by atoms with Gasteiger partial charge in [0.2, 0.25) is 0 Å². The van der Waals surface area contributed by atoms with Gasteiger partial charge in [0.1, 0.15) is 0 Å². The highest BCUT2D eigenvalue weighted by Crippen LogP contribution is 2.19. The molecule has 0 radical (unpaired) electrons. The van der Waals surface area contributed by atoms with E-state index in [9.17, 15) is 0 Å². The molecular weight excluding hydrogens is 461 g/mol. The van der Waals surface area contributed by atoms with E-state index in [1.165, 1.54) is 33.3 Å². The van der Waals surface area contributed by atoms with E-state index < -0.39 is 0 Å². The van der Waals surface area contributed by atoms with Crippen LogP contribution in [0.15, 0.2) is 53.7 Å². The second kappa shape index (κ2) is 10.4. The summed E-state index contributed by atoms with van der Waals surface area (Å²) < 4.78 is 0. The fourth-order valence-corrected chi connectivity index (χ4v) is 3.17. The molecule has 0 atom stereocenters. The largest absolute Gasteiger partial charge is 0.378 e. The molecule has 3 rings (SSSR count). The monoisotopic (exact) mass is 491 g/mol. The van der Waals surface area contributed by atoms with E-state index in [4.69, 9.17) is 0 Å². The zero-order chi connectivity index (χ0) is 19.2. The molecule has 0 unspecified atom stereocenters. The Morgan fingerprint density at radius 1 is 1.11 bits per heavy atom. The third-order valence-corrected chi connectivity index (χ3v) is 4.72. The lowest BCUT2D eigenvalue weighted by molar-refractivity contribution is 0.796. The molecule has 5 nitrogen and oxygen atoms in total. The van der Waals surface area contributed by atoms with Crippen LogP contribution >= 0.6 is 24.0 Å². The summed E-state index contributed by atoms with van der Waals surface area (Å²) in [7, 11) is 5.91. The second-order valence-corrected chi connectivity index (χ2v) is 7.03. The molecule has 6 heteroatoms. The van der Waals surface area contributed by atoms with Crippen molar-refractivity contribution in [2.24, 2.45) is 4.99 Å². The number of hydrogen-bond donors (Lipinski definition) is 3. The normalized spacial score (nSPS) is 11.2. The van der Waals surface area contributed by atoms with Crippen molar-refractivity contribution in [3.05, 3.63) is 65.4 Å². The number of aryl methyl sites for hydroxylation is 1. The molecular formula is C22H30IN5. The summed E-state index contributed by atoms with van der Waals surface area (Å²) in [5, 5.41) is 8.09. The maximum absolute atomic E-state index is 4.33. The minimum absolute atomic E-state index is 0. The van der Waals surface area contributed by atoms with Crippen LogP contribution in [0.2, 0.25) is 0 Å². The number of aromatic amines is 1. The Hall–Kier alpha value is -2.22. The van der Waals surface area contributed by atoms with Crippen LogP contribution in [0.3, 0.4) is 0 Å². The molecule has 150 valence electrons. The molecule has 0 aliphatic rings. The van der Waals surface area contributed by atoms with Crippen LogP contribution in [0.25, 0.3) is 10.9 Å². The number of halogens is 1. The SMILES string of the molecule is CN=C(NCCc1c[nH]c2cc(C)ccc12)NCc1cccc(N(C)C)c1.I. The Kier molecular flexibility index (Phi) is 8.17. The Bertz CT molecular complexity index is 930. The maximum atomic E-state index is 4.33. The lowest BCUT2D eigenvalue weighted by Gasteiger charge is -2.15. The number of nitrogens with zero attached hydrogens (tertiary/aromatic N) is 2. The van der Waals surface area contributed by atoms with E-state index in [0.29, 0.717) is 0 Å². The number of nitrogens with one attached hydrogen (secondary N) is 3. The van der Waals surface area contributed by atoms with E-state index in [2.05, 4.69) is 95.2 Å². The van der Waals surface area contributed by atoms with E-state index in [0.717, 1.165) is 25.5 Å². The Balaban J connectivity index is 0.00000280. The molecule has 0 spiro atoms. The molecule has 1 aromatic heterocycles. The number of aliphatic imine (C=N–C) groups is 1. The van der Waals surface area contributed by atoms with Crippen LogP contribution in [0.5, 0.6) is 0 Å². The lowest BCUT2D eigenvalue weighted by atomic mass is 10.1. The van der Waals surface area contributed by atoms with Gasteiger partial charge in [0.15, 0.2) is 5.96 Å². The topological polar surface area (TPSA) is 55.5 Å². The fraction of sp³-hybridized carbons (Fsp3) is 0.318. The third kappa shape index (κ3) is 5.64. The van der Waals surface area contributed by atoms with Crippen molar-refractivity contribution >= 4 is 46.5 Å². The van der Waals surface area contributed by atoms with Gasteiger partial charge in [0.05, 0.1) is 0 Å². The van der Waals surface area contributed by atoms with E-state index >= 15 is 0 Å². The van der Waals surface area contributed by atoms with E-state index in [1.807, 2.05) is 0 Å². The number of H-pyrrole nitrogens is 1. The summed E-state index contributed by atoms with van der Waals surface area (Å²) >= 11 is 0. The maximum Gasteiger partial charge on any atom is 0.191 e. The van der Waals surface area contributed by atoms with Gasteiger partial charge in [-0.2, -0.15) is 0 Å². The van der Waals surface area contributed by atoms with Crippen molar-refractivity contribution in [2.75, 3.05) is 32.6 Å². The van der Waals surface area contributed by atoms with Gasteiger partial charge < -0.3 is 20.5 Å². The van der Waals surface area contributed by atoms with Crippen molar-refractivity contribution in [2.45, 2.75) is 19.9 Å². The molecule has 3 aromatic rings. The first-order valence-electron chi connectivity index (χ1n) is 9.34. The summed E-state index contributed by atoms with van der Waals surface area (Å²) in [6.07, 6.45) is 3.05. The predicted molar refractivity (Wildman–Crippen MR) is 131 cm³/mol. The average Bonchev–Trinajstić information content (AvgIpc) is 3.06. The van der Waals surface area contributed by atoms with Gasteiger partial charge in [-0.25, -0.2) is 0 Å². The van der Waals surface area contributed by atoms with Crippen LogP contribution in [0.4, 0.5) is 5.69 Å². The van der Waals surface area contributed by atoms with Crippen LogP contribution in [0, 0.1) is 6.92 Å². The van der Waals surface area contributed by atoms with Gasteiger partial charge >= 0.3 is 0 Å². The minimum atomic E-state index is 0. The predicted octanol–water partition coefficient (Wildman–Crippen LogP) is 4.07. The van der Waals surface area contributed by atoms with E-state index in [1.54, 1.807) is 7.05 Å². The smallest absolute Gasteiger partial charge is 0.191 e. The zero-order valence-electron chi connectivity index (χ0n) is 17.0. The molecule has 0 aliphatic heterocycles. The first-order chi connectivity index (χ1) is 13.1. The van der Waals surface area contributed by atoms with Gasteiger partial charge in [-0.3, -0.25) is 4.99 Å². The number of anilines is 1. The first-order valence-corrected chi connectivity index (χ1v) is 9.34. The van der Waals surface area contributed by atoms with Gasteiger partial charge in [0, 0.05) is 57.0 Å². The quantitative estimate of drug-likeness (QED) is 0.277. The fourth-order valence-electron chi connectivity index (χ4n) is 3.17. The summed E-state index contributed by atoms with van der Waals surface area (Å²) in [5.74, 6) is 0.820. The number of aromatic nitrogens is 1. The molecule has 28 heavy (non-hydrogen) atoms. The van der Waals surface area contributed by atoms with Crippen molar-refractivity contribution in [3.8, 4) is 0 Å². The summed E-state index contributed by atoms with van der Waals surface area (Å²) in [6, 6.07) is 15.1. The Morgan fingerprint density at radius 2 is 1.93 bits per heavy atom. The summed E-state index contributed by atoms with van der Waals surface area (Å²) in [6.45, 7) is 3.69. The number of guanidine groups is 1. The second-order valence-electron chi connectivity index (χ2n) is 7.03. The van der Waals surface area contributed by atoms with Gasteiger partial charge in [0.25, 0.3) is 0 Å². The molecule has 3 N–H and O–H groups in total. The van der Waals surface area contributed by atoms with Gasteiger partial charge in [-0.1, -0.05) is 24.3 Å². The van der Waals surface area contributed by atoms with Crippen molar-refractivity contribution in [3.63, 3.8) is 0 Å². The molecule has 0 saturated carbocycles. The standard InChI is InChI=1S/C22H29N5.HI/c1-16-8-9-20-18(15-25-21(20)12-16)10-11-24-22(23-2)26-14-17-6-5-7-19(13-17)27(3)4;/h5-9,12-13,15,25H,10-11,14H2,1-4H3,(H2,23,24,26);1H. The molecule has 0 aliphatic carbocycles. The molecule has 0 amide bonds. The summed E-state index contributed by atoms with van der Waals surface area (Å²) in [5.41, 5.74) is 6.24. The molecule has 2 aromatic carbocycles. The van der Waals surface area contributed by atoms with Crippen LogP contribution in [0.1, 0.15) is 16.7 Å². The van der Waals surface area contributed by atoms with Gasteiger partial charge in [-0.15, -0.1) is 24.0 Å². The molecule has 1 heterocycles. The number of rotatable bonds is 6. The molecule has 0 bridgehead atoms. The highest BCUT2D eigenvalue weighted by atomic mass is 127. The summed E-state index contributed by atoms with van der Waals surface area (Å²) in [4.78, 5) is 9.80. The number of benzene rings is 2. The molecule has 0 fully saturated rings. The highest BCUT2D eigenvalue weighted by molar-refractivity contribution is 14.0. The van der Waals surface area contributed by atoms with Crippen LogP contribution in [-0.4, -0.2) is 38.6 Å². The zero-order valence-corrected chi connectivity index (χ0v) is 19.4. The van der Waals surface area contributed by atoms with Crippen molar-refractivity contribution < 1.29 is 0 Å². The lowest BCUT2D eigenvalue weighted by Crippen LogP contribution is -2.37. The average molecular weight is 491 g/mol. The minimum Gasteiger partial charge on any atom is -0.378 e.